The van der Waals surface area contributed by atoms with Crippen molar-refractivity contribution in [2.45, 2.75) is 41.9 Å². The summed E-state index contributed by atoms with van der Waals surface area (Å²) in [6, 6.07) is 3.93. The molecule has 2 aliphatic rings. The zero-order chi connectivity index (χ0) is 15.1. The Kier molecular flexibility index (Phi) is 4.05. The van der Waals surface area contributed by atoms with Crippen molar-refractivity contribution in [1.29, 1.82) is 0 Å². The third-order valence-electron chi connectivity index (χ3n) is 4.38. The van der Waals surface area contributed by atoms with Crippen molar-refractivity contribution >= 4 is 21.6 Å². The van der Waals surface area contributed by atoms with E-state index in [2.05, 4.69) is 12.2 Å². The highest BCUT2D eigenvalue weighted by Gasteiger charge is 2.34. The molecule has 0 radical (unpaired) electrons. The van der Waals surface area contributed by atoms with Crippen LogP contribution in [0.1, 0.15) is 37.8 Å². The molecule has 3 nitrogen and oxygen atoms in total. The van der Waals surface area contributed by atoms with E-state index in [1.807, 2.05) is 11.8 Å². The van der Waals surface area contributed by atoms with E-state index in [-0.39, 0.29) is 27.3 Å². The smallest absolute Gasteiger partial charge is 0.178 e. The first-order chi connectivity index (χ1) is 9.90. The number of rotatable bonds is 3. The van der Waals surface area contributed by atoms with Crippen LogP contribution in [-0.2, 0) is 9.84 Å². The minimum Gasteiger partial charge on any atom is -0.308 e. The fourth-order valence-electron chi connectivity index (χ4n) is 3.14. The van der Waals surface area contributed by atoms with E-state index in [1.165, 1.54) is 36.8 Å². The van der Waals surface area contributed by atoms with Crippen molar-refractivity contribution in [1.82, 2.24) is 5.32 Å². The molecule has 2 unspecified atom stereocenters. The third-order valence-corrected chi connectivity index (χ3v) is 7.73. The van der Waals surface area contributed by atoms with Gasteiger partial charge in [0.2, 0.25) is 0 Å². The number of hydrogen-bond acceptors (Lipinski definition) is 4. The number of sulfone groups is 1. The first-order valence-electron chi connectivity index (χ1n) is 7.29. The largest absolute Gasteiger partial charge is 0.308 e. The molecule has 1 fully saturated rings. The summed E-state index contributed by atoms with van der Waals surface area (Å²) in [4.78, 5) is 0.289. The van der Waals surface area contributed by atoms with Gasteiger partial charge in [0.25, 0.3) is 0 Å². The average molecular weight is 329 g/mol. The van der Waals surface area contributed by atoms with Crippen LogP contribution in [-0.4, -0.2) is 31.2 Å². The number of benzene rings is 1. The Labute approximate surface area is 129 Å². The Morgan fingerprint density at radius 1 is 1.48 bits per heavy atom. The van der Waals surface area contributed by atoms with Gasteiger partial charge in [-0.05, 0) is 55.7 Å². The number of halogens is 1. The molecule has 6 heteroatoms. The molecule has 21 heavy (non-hydrogen) atoms. The maximum Gasteiger partial charge on any atom is 0.178 e. The molecule has 1 aromatic carbocycles. The Hall–Kier alpha value is -0.590. The number of thioether (sulfide) groups is 1. The summed E-state index contributed by atoms with van der Waals surface area (Å²) in [6.07, 6.45) is 2.92. The van der Waals surface area contributed by atoms with Gasteiger partial charge in [-0.3, -0.25) is 0 Å². The molecule has 0 aromatic heterocycles. The van der Waals surface area contributed by atoms with Crippen LogP contribution in [0.2, 0.25) is 0 Å². The lowest BCUT2D eigenvalue weighted by Gasteiger charge is -2.30. The molecule has 0 aliphatic carbocycles. The standard InChI is InChI=1S/C15H20FNO2S2/c1-15(6-2-7-20-15)10-17-13-5-8-21(18,19)14-4-3-11(16)9-12(13)14/h3-4,9,13,17H,2,5-8,10H2,1H3. The second kappa shape index (κ2) is 5.56. The average Bonchev–Trinajstić information content (AvgIpc) is 2.85. The van der Waals surface area contributed by atoms with E-state index in [4.69, 9.17) is 0 Å². The topological polar surface area (TPSA) is 46.2 Å². The van der Waals surface area contributed by atoms with Crippen LogP contribution in [0.25, 0.3) is 0 Å². The van der Waals surface area contributed by atoms with Crippen molar-refractivity contribution in [3.05, 3.63) is 29.6 Å². The Balaban J connectivity index is 1.83. The van der Waals surface area contributed by atoms with Crippen LogP contribution >= 0.6 is 11.8 Å². The molecule has 1 aromatic rings. The number of nitrogens with one attached hydrogen (secondary N) is 1. The van der Waals surface area contributed by atoms with E-state index in [0.29, 0.717) is 12.0 Å². The van der Waals surface area contributed by atoms with E-state index in [9.17, 15) is 12.8 Å². The van der Waals surface area contributed by atoms with Crippen LogP contribution in [0.4, 0.5) is 4.39 Å². The van der Waals surface area contributed by atoms with Crippen molar-refractivity contribution in [3.8, 4) is 0 Å². The second-order valence-corrected chi connectivity index (χ2v) is 9.89. The molecule has 116 valence electrons. The maximum absolute atomic E-state index is 13.5. The Morgan fingerprint density at radius 2 is 2.29 bits per heavy atom. The molecular weight excluding hydrogens is 309 g/mol. The van der Waals surface area contributed by atoms with Gasteiger partial charge in [-0.2, -0.15) is 11.8 Å². The molecule has 1 N–H and O–H groups in total. The van der Waals surface area contributed by atoms with Crippen molar-refractivity contribution in [3.63, 3.8) is 0 Å². The van der Waals surface area contributed by atoms with E-state index < -0.39 is 9.84 Å². The summed E-state index contributed by atoms with van der Waals surface area (Å²) in [7, 11) is -3.26. The fourth-order valence-corrected chi connectivity index (χ4v) is 6.00. The van der Waals surface area contributed by atoms with Crippen molar-refractivity contribution in [2.24, 2.45) is 0 Å². The van der Waals surface area contributed by atoms with Crippen LogP contribution in [0.5, 0.6) is 0 Å². The molecule has 3 rings (SSSR count). The van der Waals surface area contributed by atoms with Gasteiger partial charge in [-0.25, -0.2) is 12.8 Å². The molecule has 0 spiro atoms. The van der Waals surface area contributed by atoms with Crippen LogP contribution in [0.3, 0.4) is 0 Å². The van der Waals surface area contributed by atoms with Crippen LogP contribution in [0.15, 0.2) is 23.1 Å². The second-order valence-electron chi connectivity index (χ2n) is 6.13. The molecule has 2 heterocycles. The summed E-state index contributed by atoms with van der Waals surface area (Å²) in [5.41, 5.74) is 0.591. The summed E-state index contributed by atoms with van der Waals surface area (Å²) < 4.78 is 37.9. The normalized spacial score (nSPS) is 31.0. The van der Waals surface area contributed by atoms with E-state index in [0.717, 1.165) is 6.54 Å². The van der Waals surface area contributed by atoms with Crippen molar-refractivity contribution < 1.29 is 12.8 Å². The molecule has 1 saturated heterocycles. The van der Waals surface area contributed by atoms with E-state index >= 15 is 0 Å². The van der Waals surface area contributed by atoms with Gasteiger partial charge in [-0.15, -0.1) is 0 Å². The summed E-state index contributed by atoms with van der Waals surface area (Å²) >= 11 is 1.96. The first kappa shape index (κ1) is 15.3. The highest BCUT2D eigenvalue weighted by Crippen LogP contribution is 2.38. The molecule has 0 amide bonds. The zero-order valence-electron chi connectivity index (χ0n) is 12.1. The summed E-state index contributed by atoms with van der Waals surface area (Å²) in [5, 5.41) is 3.47. The van der Waals surface area contributed by atoms with Gasteiger partial charge >= 0.3 is 0 Å². The highest BCUT2D eigenvalue weighted by molar-refractivity contribution is 8.00. The minimum absolute atomic E-state index is 0.0720. The minimum atomic E-state index is -3.26. The van der Waals surface area contributed by atoms with E-state index in [1.54, 1.807) is 0 Å². The lowest BCUT2D eigenvalue weighted by atomic mass is 10.0. The predicted molar refractivity (Wildman–Crippen MR) is 83.9 cm³/mol. The maximum atomic E-state index is 13.5. The Bertz CT molecular complexity index is 639. The first-order valence-corrected chi connectivity index (χ1v) is 9.93. The molecule has 2 atom stereocenters. The monoisotopic (exact) mass is 329 g/mol. The third kappa shape index (κ3) is 3.12. The van der Waals surface area contributed by atoms with Gasteiger partial charge in [0.1, 0.15) is 5.82 Å². The summed E-state index contributed by atoms with van der Waals surface area (Å²) in [5.74, 6) is 0.939. The Morgan fingerprint density at radius 3 is 3.00 bits per heavy atom. The molecule has 0 saturated carbocycles. The lowest BCUT2D eigenvalue weighted by molar-refractivity contribution is 0.447. The zero-order valence-corrected chi connectivity index (χ0v) is 13.7. The van der Waals surface area contributed by atoms with Gasteiger partial charge in [0.15, 0.2) is 9.84 Å². The van der Waals surface area contributed by atoms with Gasteiger partial charge in [0, 0.05) is 17.3 Å². The van der Waals surface area contributed by atoms with Gasteiger partial charge in [-0.1, -0.05) is 0 Å². The molecular formula is C15H20FNO2S2. The lowest BCUT2D eigenvalue weighted by Crippen LogP contribution is -2.38. The molecule has 0 bridgehead atoms. The summed E-state index contributed by atoms with van der Waals surface area (Å²) in [6.45, 7) is 3.07. The van der Waals surface area contributed by atoms with Gasteiger partial charge < -0.3 is 5.32 Å². The van der Waals surface area contributed by atoms with Crippen molar-refractivity contribution in [2.75, 3.05) is 18.1 Å². The number of hydrogen-bond donors (Lipinski definition) is 1. The van der Waals surface area contributed by atoms with Gasteiger partial charge in [0.05, 0.1) is 10.6 Å². The molecule has 2 aliphatic heterocycles. The fraction of sp³-hybridized carbons (Fsp3) is 0.600. The SMILES string of the molecule is CC1(CNC2CCS(=O)(=O)c3ccc(F)cc32)CCCS1. The van der Waals surface area contributed by atoms with Crippen LogP contribution < -0.4 is 5.32 Å². The highest BCUT2D eigenvalue weighted by atomic mass is 32.2. The predicted octanol–water partition coefficient (Wildman–Crippen LogP) is 2.92. The quantitative estimate of drug-likeness (QED) is 0.866. The van der Waals surface area contributed by atoms with Crippen LogP contribution in [0, 0.1) is 5.82 Å². The number of fused-ring (bicyclic) bond motifs is 1.